The van der Waals surface area contributed by atoms with E-state index in [9.17, 15) is 10.1 Å². The van der Waals surface area contributed by atoms with Crippen molar-refractivity contribution in [1.82, 2.24) is 0 Å². The molecular formula is C24H18Br2N2O2. The number of carbonyl (C=O) groups excluding carboxylic acids is 1. The maximum absolute atomic E-state index is 12.6. The van der Waals surface area contributed by atoms with Crippen molar-refractivity contribution in [2.45, 2.75) is 13.5 Å². The third kappa shape index (κ3) is 5.82. The summed E-state index contributed by atoms with van der Waals surface area (Å²) in [5, 5.41) is 12.3. The zero-order valence-corrected chi connectivity index (χ0v) is 19.3. The summed E-state index contributed by atoms with van der Waals surface area (Å²) in [6.45, 7) is 2.33. The number of benzene rings is 3. The van der Waals surface area contributed by atoms with E-state index >= 15 is 0 Å². The molecule has 0 bridgehead atoms. The van der Waals surface area contributed by atoms with E-state index in [1.54, 1.807) is 12.1 Å². The monoisotopic (exact) mass is 524 g/mol. The first-order valence-electron chi connectivity index (χ1n) is 9.12. The fourth-order valence-electron chi connectivity index (χ4n) is 2.71. The second kappa shape index (κ2) is 10.2. The fourth-order valence-corrected chi connectivity index (χ4v) is 4.08. The molecule has 0 saturated carbocycles. The summed E-state index contributed by atoms with van der Waals surface area (Å²) in [5.41, 5.74) is 3.32. The van der Waals surface area contributed by atoms with Crippen molar-refractivity contribution >= 4 is 49.5 Å². The van der Waals surface area contributed by atoms with Crippen molar-refractivity contribution in [1.29, 1.82) is 5.26 Å². The van der Waals surface area contributed by atoms with Crippen LogP contribution in [0.5, 0.6) is 5.75 Å². The minimum absolute atomic E-state index is 0.0230. The van der Waals surface area contributed by atoms with Gasteiger partial charge in [-0.25, -0.2) is 0 Å². The number of hydrogen-bond acceptors (Lipinski definition) is 3. The smallest absolute Gasteiger partial charge is 0.266 e. The number of halogens is 2. The van der Waals surface area contributed by atoms with Crippen molar-refractivity contribution in [2.75, 3.05) is 5.32 Å². The molecule has 3 aromatic rings. The van der Waals surface area contributed by atoms with Crippen molar-refractivity contribution in [3.63, 3.8) is 0 Å². The summed E-state index contributed by atoms with van der Waals surface area (Å²) in [4.78, 5) is 12.6. The normalized spacial score (nSPS) is 10.9. The van der Waals surface area contributed by atoms with Gasteiger partial charge in [-0.3, -0.25) is 4.79 Å². The first-order chi connectivity index (χ1) is 14.5. The van der Waals surface area contributed by atoms with Gasteiger partial charge in [0.05, 0.1) is 4.47 Å². The molecule has 1 N–H and O–H groups in total. The minimum atomic E-state index is -0.480. The zero-order valence-electron chi connectivity index (χ0n) is 16.2. The Morgan fingerprint density at radius 1 is 1.10 bits per heavy atom. The summed E-state index contributed by atoms with van der Waals surface area (Å²) in [5.74, 6) is 0.0735. The van der Waals surface area contributed by atoms with E-state index in [4.69, 9.17) is 4.74 Å². The highest BCUT2D eigenvalue weighted by atomic mass is 79.9. The number of amides is 1. The number of ether oxygens (including phenoxy) is 1. The molecule has 0 heterocycles. The Morgan fingerprint density at radius 3 is 2.47 bits per heavy atom. The van der Waals surface area contributed by atoms with Gasteiger partial charge in [-0.1, -0.05) is 64.0 Å². The number of nitrogens with zero attached hydrogens (tertiary/aromatic N) is 1. The molecule has 6 heteroatoms. The number of nitriles is 1. The molecule has 0 atom stereocenters. The lowest BCUT2D eigenvalue weighted by atomic mass is 10.1. The Morgan fingerprint density at radius 2 is 1.80 bits per heavy atom. The van der Waals surface area contributed by atoms with Crippen molar-refractivity contribution in [3.05, 3.63) is 97.9 Å². The topological polar surface area (TPSA) is 62.1 Å². The van der Waals surface area contributed by atoms with Gasteiger partial charge in [0.2, 0.25) is 0 Å². The Bertz CT molecular complexity index is 1120. The van der Waals surface area contributed by atoms with Crippen molar-refractivity contribution < 1.29 is 9.53 Å². The molecule has 0 aromatic heterocycles. The van der Waals surface area contributed by atoms with Crippen LogP contribution in [0.2, 0.25) is 0 Å². The number of anilines is 1. The summed E-state index contributed by atoms with van der Waals surface area (Å²) < 4.78 is 7.53. The molecule has 0 aliphatic heterocycles. The molecule has 0 spiro atoms. The SMILES string of the molecule is Cc1ccc(NC(=O)/C(C#N)=C/c2cc(Br)cc(Br)c2OCc2ccccc2)cc1. The predicted octanol–water partition coefficient (Wildman–Crippen LogP) is 6.64. The first-order valence-corrected chi connectivity index (χ1v) is 10.7. The molecule has 0 saturated heterocycles. The molecule has 0 unspecified atom stereocenters. The quantitative estimate of drug-likeness (QED) is 0.289. The Kier molecular flexibility index (Phi) is 7.45. The highest BCUT2D eigenvalue weighted by Crippen LogP contribution is 2.35. The van der Waals surface area contributed by atoms with Gasteiger partial charge in [0, 0.05) is 15.7 Å². The third-order valence-corrected chi connectivity index (χ3v) is 5.28. The first kappa shape index (κ1) is 21.8. The number of hydrogen-bond donors (Lipinski definition) is 1. The number of nitrogens with one attached hydrogen (secondary N) is 1. The third-order valence-electron chi connectivity index (χ3n) is 4.24. The van der Waals surface area contributed by atoms with Crippen LogP contribution in [0.4, 0.5) is 5.69 Å². The van der Waals surface area contributed by atoms with Gasteiger partial charge < -0.3 is 10.1 Å². The molecule has 0 radical (unpaired) electrons. The maximum atomic E-state index is 12.6. The van der Waals surface area contributed by atoms with E-state index in [2.05, 4.69) is 37.2 Å². The fraction of sp³-hybridized carbons (Fsp3) is 0.0833. The number of aryl methyl sites for hydroxylation is 1. The molecule has 150 valence electrons. The van der Waals surface area contributed by atoms with Crippen molar-refractivity contribution in [2.24, 2.45) is 0 Å². The van der Waals surface area contributed by atoms with E-state index in [1.165, 1.54) is 6.08 Å². The lowest BCUT2D eigenvalue weighted by Gasteiger charge is -2.13. The van der Waals surface area contributed by atoms with Crippen LogP contribution >= 0.6 is 31.9 Å². The molecule has 1 amide bonds. The van der Waals surface area contributed by atoms with Gasteiger partial charge in [-0.2, -0.15) is 5.26 Å². The van der Waals surface area contributed by atoms with Crippen LogP contribution in [0.25, 0.3) is 6.08 Å². The summed E-state index contributed by atoms with van der Waals surface area (Å²) in [6, 6.07) is 22.8. The Hall–Kier alpha value is -2.88. The molecule has 3 rings (SSSR count). The molecule has 0 fully saturated rings. The maximum Gasteiger partial charge on any atom is 0.266 e. The van der Waals surface area contributed by atoms with Gasteiger partial charge in [0.15, 0.2) is 0 Å². The van der Waals surface area contributed by atoms with Crippen molar-refractivity contribution in [3.8, 4) is 11.8 Å². The van der Waals surface area contributed by atoms with Gasteiger partial charge in [0.25, 0.3) is 5.91 Å². The lowest BCUT2D eigenvalue weighted by molar-refractivity contribution is -0.112. The standard InChI is InChI=1S/C24H18Br2N2O2/c1-16-7-9-21(10-8-16)28-24(29)19(14-27)11-18-12-20(25)13-22(26)23(18)30-15-17-5-3-2-4-6-17/h2-13H,15H2,1H3,(H,28,29)/b19-11+. The second-order valence-electron chi connectivity index (χ2n) is 6.57. The number of rotatable bonds is 6. The van der Waals surface area contributed by atoms with E-state index in [1.807, 2.05) is 67.6 Å². The highest BCUT2D eigenvalue weighted by Gasteiger charge is 2.14. The van der Waals surface area contributed by atoms with Crippen LogP contribution in [0.15, 0.2) is 81.2 Å². The molecule has 0 aliphatic rings. The second-order valence-corrected chi connectivity index (χ2v) is 8.34. The molecule has 0 aliphatic carbocycles. The largest absolute Gasteiger partial charge is 0.487 e. The molecule has 4 nitrogen and oxygen atoms in total. The summed E-state index contributed by atoms with van der Waals surface area (Å²) >= 11 is 6.97. The van der Waals surface area contributed by atoms with Gasteiger partial charge in [-0.05, 0) is 58.8 Å². The zero-order chi connectivity index (χ0) is 21.5. The van der Waals surface area contributed by atoms with Gasteiger partial charge in [0.1, 0.15) is 24.0 Å². The highest BCUT2D eigenvalue weighted by molar-refractivity contribution is 9.11. The predicted molar refractivity (Wildman–Crippen MR) is 126 cm³/mol. The van der Waals surface area contributed by atoms with Crippen LogP contribution in [0, 0.1) is 18.3 Å². The van der Waals surface area contributed by atoms with Crippen LogP contribution in [0.3, 0.4) is 0 Å². The Balaban J connectivity index is 1.88. The Labute approximate surface area is 192 Å². The summed E-state index contributed by atoms with van der Waals surface area (Å²) in [6.07, 6.45) is 1.53. The van der Waals surface area contributed by atoms with E-state index in [0.717, 1.165) is 20.1 Å². The van der Waals surface area contributed by atoms with E-state index in [0.29, 0.717) is 23.6 Å². The average molecular weight is 526 g/mol. The minimum Gasteiger partial charge on any atom is -0.487 e. The molecule has 30 heavy (non-hydrogen) atoms. The molecular weight excluding hydrogens is 508 g/mol. The molecule has 3 aromatic carbocycles. The number of carbonyl (C=O) groups is 1. The lowest BCUT2D eigenvalue weighted by Crippen LogP contribution is -2.13. The van der Waals surface area contributed by atoms with Crippen LogP contribution in [0.1, 0.15) is 16.7 Å². The van der Waals surface area contributed by atoms with E-state index in [-0.39, 0.29) is 5.57 Å². The average Bonchev–Trinajstić information content (AvgIpc) is 2.73. The van der Waals surface area contributed by atoms with Gasteiger partial charge in [-0.15, -0.1) is 0 Å². The summed E-state index contributed by atoms with van der Waals surface area (Å²) in [7, 11) is 0. The van der Waals surface area contributed by atoms with Crippen LogP contribution in [-0.2, 0) is 11.4 Å². The van der Waals surface area contributed by atoms with Crippen LogP contribution < -0.4 is 10.1 Å². The van der Waals surface area contributed by atoms with Crippen LogP contribution in [-0.4, -0.2) is 5.91 Å². The van der Waals surface area contributed by atoms with Gasteiger partial charge >= 0.3 is 0 Å². The van der Waals surface area contributed by atoms with E-state index < -0.39 is 5.91 Å².